The SMILES string of the molecule is C/C(=N/NS(=O)(=O)c1ccc(C)c([N+](=O)[O-])c1)c1ccccc1OC(F)F. The van der Waals surface area contributed by atoms with Crippen LogP contribution in [-0.2, 0) is 10.0 Å². The lowest BCUT2D eigenvalue weighted by atomic mass is 10.1. The fourth-order valence-electron chi connectivity index (χ4n) is 2.16. The first-order valence-corrected chi connectivity index (χ1v) is 8.95. The molecular formula is C16H15F2N3O5S. The molecule has 0 aliphatic carbocycles. The molecule has 0 radical (unpaired) electrons. The van der Waals surface area contributed by atoms with Crippen molar-refractivity contribution in [2.24, 2.45) is 5.10 Å². The summed E-state index contributed by atoms with van der Waals surface area (Å²) in [5.41, 5.74) is 0.179. The standard InChI is InChI=1S/C16H15F2N3O5S/c1-10-7-8-12(9-14(10)21(22)23)27(24,25)20-19-11(2)13-5-3-4-6-15(13)26-16(17)18/h3-9,16,20H,1-2H3/b19-11-. The second-order valence-corrected chi connectivity index (χ2v) is 7.03. The molecule has 0 aliphatic heterocycles. The normalized spacial score (nSPS) is 12.1. The van der Waals surface area contributed by atoms with Crippen LogP contribution < -0.4 is 9.57 Å². The van der Waals surface area contributed by atoms with Gasteiger partial charge in [0.05, 0.1) is 15.5 Å². The van der Waals surface area contributed by atoms with Crippen molar-refractivity contribution in [1.82, 2.24) is 4.83 Å². The van der Waals surface area contributed by atoms with Crippen LogP contribution in [0.1, 0.15) is 18.1 Å². The third-order valence-electron chi connectivity index (χ3n) is 3.51. The van der Waals surface area contributed by atoms with Gasteiger partial charge in [-0.1, -0.05) is 18.2 Å². The molecule has 144 valence electrons. The molecular weight excluding hydrogens is 384 g/mol. The second kappa shape index (κ2) is 8.08. The Morgan fingerprint density at radius 3 is 2.56 bits per heavy atom. The van der Waals surface area contributed by atoms with E-state index in [9.17, 15) is 27.3 Å². The fraction of sp³-hybridized carbons (Fsp3) is 0.188. The van der Waals surface area contributed by atoms with E-state index >= 15 is 0 Å². The smallest absolute Gasteiger partial charge is 0.387 e. The Hall–Kier alpha value is -3.08. The van der Waals surface area contributed by atoms with Crippen molar-refractivity contribution in [2.75, 3.05) is 0 Å². The Morgan fingerprint density at radius 1 is 1.26 bits per heavy atom. The molecule has 2 aromatic rings. The molecule has 0 aliphatic rings. The molecule has 2 rings (SSSR count). The van der Waals surface area contributed by atoms with Crippen LogP contribution in [0.2, 0.25) is 0 Å². The minimum Gasteiger partial charge on any atom is -0.434 e. The van der Waals surface area contributed by atoms with Crippen LogP contribution in [0.5, 0.6) is 5.75 Å². The van der Waals surface area contributed by atoms with Gasteiger partial charge < -0.3 is 4.74 Å². The Labute approximate surface area is 153 Å². The molecule has 0 amide bonds. The number of nitrogens with one attached hydrogen (secondary N) is 1. The first-order chi connectivity index (χ1) is 12.6. The van der Waals surface area contributed by atoms with Gasteiger partial charge in [0.1, 0.15) is 5.75 Å². The number of sulfonamides is 1. The number of hydrogen-bond donors (Lipinski definition) is 1. The van der Waals surface area contributed by atoms with E-state index in [1.165, 1.54) is 44.2 Å². The topological polar surface area (TPSA) is 111 Å². The monoisotopic (exact) mass is 399 g/mol. The summed E-state index contributed by atoms with van der Waals surface area (Å²) in [5.74, 6) is -0.168. The first-order valence-electron chi connectivity index (χ1n) is 7.47. The Bertz CT molecular complexity index is 993. The van der Waals surface area contributed by atoms with Gasteiger partial charge in [0.15, 0.2) is 0 Å². The molecule has 0 aromatic heterocycles. The average Bonchev–Trinajstić information content (AvgIpc) is 2.59. The van der Waals surface area contributed by atoms with Crippen LogP contribution in [0.15, 0.2) is 52.5 Å². The van der Waals surface area contributed by atoms with Crippen LogP contribution in [0, 0.1) is 17.0 Å². The molecule has 8 nitrogen and oxygen atoms in total. The maximum Gasteiger partial charge on any atom is 0.387 e. The second-order valence-electron chi connectivity index (χ2n) is 5.37. The zero-order chi connectivity index (χ0) is 20.2. The lowest BCUT2D eigenvalue weighted by Gasteiger charge is -2.10. The summed E-state index contributed by atoms with van der Waals surface area (Å²) in [6.07, 6.45) is 0. The van der Waals surface area contributed by atoms with Gasteiger partial charge >= 0.3 is 6.61 Å². The first kappa shape index (κ1) is 20.2. The van der Waals surface area contributed by atoms with Gasteiger partial charge in [0.2, 0.25) is 0 Å². The minimum atomic E-state index is -4.20. The number of halogens is 2. The number of hydrazone groups is 1. The van der Waals surface area contributed by atoms with Gasteiger partial charge in [0.25, 0.3) is 15.7 Å². The molecule has 1 N–H and O–H groups in total. The lowest BCUT2D eigenvalue weighted by molar-refractivity contribution is -0.385. The predicted octanol–water partition coefficient (Wildman–Crippen LogP) is 3.21. The predicted molar refractivity (Wildman–Crippen MR) is 93.4 cm³/mol. The van der Waals surface area contributed by atoms with E-state index in [0.29, 0.717) is 5.56 Å². The number of nitro benzene ring substituents is 1. The molecule has 27 heavy (non-hydrogen) atoms. The van der Waals surface area contributed by atoms with Crippen molar-refractivity contribution >= 4 is 21.4 Å². The molecule has 0 saturated carbocycles. The van der Waals surface area contributed by atoms with Crippen LogP contribution in [0.3, 0.4) is 0 Å². The zero-order valence-electron chi connectivity index (χ0n) is 14.2. The van der Waals surface area contributed by atoms with Crippen LogP contribution in [0.25, 0.3) is 0 Å². The summed E-state index contributed by atoms with van der Waals surface area (Å²) in [5, 5.41) is 14.7. The zero-order valence-corrected chi connectivity index (χ0v) is 15.0. The van der Waals surface area contributed by atoms with Crippen molar-refractivity contribution in [3.05, 3.63) is 63.7 Å². The summed E-state index contributed by atoms with van der Waals surface area (Å²) in [6.45, 7) is -0.179. The Morgan fingerprint density at radius 2 is 1.93 bits per heavy atom. The average molecular weight is 399 g/mol. The van der Waals surface area contributed by atoms with E-state index in [-0.39, 0.29) is 27.6 Å². The molecule has 11 heteroatoms. The highest BCUT2D eigenvalue weighted by atomic mass is 32.2. The number of aryl methyl sites for hydroxylation is 1. The molecule has 0 unspecified atom stereocenters. The summed E-state index contributed by atoms with van der Waals surface area (Å²) in [7, 11) is -4.20. The van der Waals surface area contributed by atoms with Gasteiger partial charge in [-0.3, -0.25) is 10.1 Å². The minimum absolute atomic E-state index is 0.0661. The Kier molecular flexibility index (Phi) is 6.05. The number of ether oxygens (including phenoxy) is 1. The van der Waals surface area contributed by atoms with Crippen molar-refractivity contribution in [3.8, 4) is 5.75 Å². The summed E-state index contributed by atoms with van der Waals surface area (Å²) >= 11 is 0. The van der Waals surface area contributed by atoms with E-state index in [0.717, 1.165) is 6.07 Å². The fourth-order valence-corrected chi connectivity index (χ4v) is 3.04. The molecule has 2 aromatic carbocycles. The highest BCUT2D eigenvalue weighted by Gasteiger charge is 2.20. The number of para-hydroxylation sites is 1. The molecule has 0 bridgehead atoms. The van der Waals surface area contributed by atoms with Crippen LogP contribution in [0.4, 0.5) is 14.5 Å². The van der Waals surface area contributed by atoms with Crippen molar-refractivity contribution in [2.45, 2.75) is 25.4 Å². The van der Waals surface area contributed by atoms with E-state index in [1.807, 2.05) is 4.83 Å². The number of benzene rings is 2. The number of rotatable bonds is 7. The third kappa shape index (κ3) is 4.97. The van der Waals surface area contributed by atoms with Gasteiger partial charge in [0, 0.05) is 17.2 Å². The van der Waals surface area contributed by atoms with Crippen molar-refractivity contribution in [3.63, 3.8) is 0 Å². The largest absolute Gasteiger partial charge is 0.434 e. The molecule has 0 fully saturated rings. The number of alkyl halides is 2. The van der Waals surface area contributed by atoms with Crippen molar-refractivity contribution < 1.29 is 26.9 Å². The lowest BCUT2D eigenvalue weighted by Crippen LogP contribution is -2.20. The number of nitrogens with zero attached hydrogens (tertiary/aromatic N) is 2. The van der Waals surface area contributed by atoms with Gasteiger partial charge in [-0.05, 0) is 32.0 Å². The highest BCUT2D eigenvalue weighted by molar-refractivity contribution is 7.89. The van der Waals surface area contributed by atoms with Crippen LogP contribution in [-0.4, -0.2) is 25.7 Å². The Balaban J connectivity index is 2.32. The van der Waals surface area contributed by atoms with E-state index in [2.05, 4.69) is 9.84 Å². The summed E-state index contributed by atoms with van der Waals surface area (Å²) < 4.78 is 54.0. The van der Waals surface area contributed by atoms with Crippen molar-refractivity contribution in [1.29, 1.82) is 0 Å². The van der Waals surface area contributed by atoms with Gasteiger partial charge in [-0.25, -0.2) is 0 Å². The molecule has 0 spiro atoms. The van der Waals surface area contributed by atoms with E-state index in [1.54, 1.807) is 6.07 Å². The van der Waals surface area contributed by atoms with Gasteiger partial charge in [-0.15, -0.1) is 0 Å². The quantitative estimate of drug-likeness (QED) is 0.437. The van der Waals surface area contributed by atoms with Gasteiger partial charge in [-0.2, -0.15) is 27.1 Å². The highest BCUT2D eigenvalue weighted by Crippen LogP contribution is 2.23. The van der Waals surface area contributed by atoms with Crippen LogP contribution >= 0.6 is 0 Å². The molecule has 0 saturated heterocycles. The van der Waals surface area contributed by atoms with E-state index < -0.39 is 21.6 Å². The third-order valence-corrected chi connectivity index (χ3v) is 4.72. The number of hydrogen-bond acceptors (Lipinski definition) is 6. The molecule has 0 heterocycles. The molecule has 0 atom stereocenters. The maximum absolute atomic E-state index is 12.5. The summed E-state index contributed by atoms with van der Waals surface area (Å²) in [4.78, 5) is 11.9. The maximum atomic E-state index is 12.5. The van der Waals surface area contributed by atoms with E-state index in [4.69, 9.17) is 0 Å². The summed E-state index contributed by atoms with van der Waals surface area (Å²) in [6, 6.07) is 9.16. The number of nitro groups is 1.